The summed E-state index contributed by atoms with van der Waals surface area (Å²) in [6, 6.07) is 12.8. The molecule has 1 heterocycles. The normalized spacial score (nSPS) is 21.0. The number of halogens is 2. The van der Waals surface area contributed by atoms with Crippen LogP contribution < -0.4 is 9.64 Å². The van der Waals surface area contributed by atoms with Crippen LogP contribution in [-0.4, -0.2) is 18.8 Å². The van der Waals surface area contributed by atoms with Gasteiger partial charge in [0.15, 0.2) is 5.78 Å². The van der Waals surface area contributed by atoms with Gasteiger partial charge in [-0.05, 0) is 41.7 Å². The number of hydrogen-bond donors (Lipinski definition) is 0. The highest BCUT2D eigenvalue weighted by molar-refractivity contribution is 6.44. The second-order valence-corrected chi connectivity index (χ2v) is 9.42. The Kier molecular flexibility index (Phi) is 5.41. The number of carbonyl (C=O) groups excluding carboxylic acids is 2. The minimum atomic E-state index is -0.305. The van der Waals surface area contributed by atoms with Gasteiger partial charge in [-0.2, -0.15) is 0 Å². The molecule has 2 aromatic rings. The minimum Gasteiger partial charge on any atom is -0.497 e. The molecule has 1 amide bonds. The Balaban J connectivity index is 1.92. The maximum absolute atomic E-state index is 13.4. The van der Waals surface area contributed by atoms with Crippen LogP contribution in [0.25, 0.3) is 0 Å². The summed E-state index contributed by atoms with van der Waals surface area (Å²) < 4.78 is 5.36. The predicted octanol–water partition coefficient (Wildman–Crippen LogP) is 6.17. The Hall–Kier alpha value is -2.30. The van der Waals surface area contributed by atoms with Crippen molar-refractivity contribution in [3.05, 3.63) is 69.3 Å². The first-order chi connectivity index (χ1) is 14.2. The van der Waals surface area contributed by atoms with Crippen molar-refractivity contribution in [3.63, 3.8) is 0 Å². The van der Waals surface area contributed by atoms with Crippen molar-refractivity contribution in [3.8, 4) is 5.75 Å². The summed E-state index contributed by atoms with van der Waals surface area (Å²) in [7, 11) is 1.60. The summed E-state index contributed by atoms with van der Waals surface area (Å²) in [5.74, 6) is 0.368. The van der Waals surface area contributed by atoms with Crippen molar-refractivity contribution < 1.29 is 14.3 Å². The number of benzene rings is 2. The monoisotopic (exact) mass is 443 g/mol. The van der Waals surface area contributed by atoms with Gasteiger partial charge in [-0.3, -0.25) is 14.5 Å². The number of nitrogens with zero attached hydrogens (tertiary/aromatic N) is 1. The molecule has 1 aliphatic heterocycles. The van der Waals surface area contributed by atoms with Crippen molar-refractivity contribution >= 4 is 40.6 Å². The number of methoxy groups -OCH3 is 1. The molecule has 6 heteroatoms. The van der Waals surface area contributed by atoms with Gasteiger partial charge < -0.3 is 4.74 Å². The molecular formula is C24H23Cl2NO3. The van der Waals surface area contributed by atoms with Crippen LogP contribution in [0.1, 0.15) is 44.6 Å². The van der Waals surface area contributed by atoms with Crippen molar-refractivity contribution in [2.75, 3.05) is 12.0 Å². The Bertz CT molecular complexity index is 1070. The van der Waals surface area contributed by atoms with Crippen LogP contribution >= 0.6 is 23.2 Å². The molecule has 0 fully saturated rings. The number of hydrogen-bond acceptors (Lipinski definition) is 3. The summed E-state index contributed by atoms with van der Waals surface area (Å²) in [5, 5.41) is 0.690. The van der Waals surface area contributed by atoms with Crippen LogP contribution in [0, 0.1) is 5.41 Å². The lowest BCUT2D eigenvalue weighted by Gasteiger charge is -2.43. The van der Waals surface area contributed by atoms with Gasteiger partial charge in [-0.1, -0.05) is 55.2 Å². The molecule has 156 valence electrons. The van der Waals surface area contributed by atoms with Gasteiger partial charge in [0.25, 0.3) is 0 Å². The minimum absolute atomic E-state index is 0.0738. The zero-order valence-electron chi connectivity index (χ0n) is 17.2. The van der Waals surface area contributed by atoms with E-state index in [4.69, 9.17) is 27.9 Å². The average molecular weight is 444 g/mol. The van der Waals surface area contributed by atoms with Gasteiger partial charge in [0.05, 0.1) is 22.8 Å². The first-order valence-corrected chi connectivity index (χ1v) is 10.6. The zero-order chi connectivity index (χ0) is 21.6. The SMILES string of the molecule is COc1cccc(C2CC(=O)N(c3cccc(Cl)c3Cl)C3=C2C(=O)CC(C)(C)C3)c1. The highest BCUT2D eigenvalue weighted by atomic mass is 35.5. The standard InChI is InChI=1S/C24H23Cl2NO3/c1-24(2)12-19-22(20(28)13-24)16(14-6-4-7-15(10-14)30-3)11-21(29)27(19)18-9-5-8-17(25)23(18)26/h4-10,16H,11-13H2,1-3H3. The van der Waals surface area contributed by atoms with Crippen LogP contribution in [-0.2, 0) is 9.59 Å². The molecule has 2 aliphatic rings. The van der Waals surface area contributed by atoms with E-state index in [-0.39, 0.29) is 29.4 Å². The van der Waals surface area contributed by atoms with Crippen molar-refractivity contribution in [1.82, 2.24) is 0 Å². The smallest absolute Gasteiger partial charge is 0.232 e. The third-order valence-corrected chi connectivity index (χ3v) is 6.62. The van der Waals surface area contributed by atoms with E-state index in [0.717, 1.165) is 11.3 Å². The summed E-state index contributed by atoms with van der Waals surface area (Å²) in [6.45, 7) is 4.10. The summed E-state index contributed by atoms with van der Waals surface area (Å²) >= 11 is 12.7. The van der Waals surface area contributed by atoms with Crippen molar-refractivity contribution in [2.45, 2.75) is 39.0 Å². The third-order valence-electron chi connectivity index (χ3n) is 5.81. The fourth-order valence-electron chi connectivity index (χ4n) is 4.50. The van der Waals surface area contributed by atoms with Gasteiger partial charge in [0.1, 0.15) is 5.75 Å². The number of anilines is 1. The quantitative estimate of drug-likeness (QED) is 0.569. The number of ether oxygens (including phenoxy) is 1. The molecule has 0 spiro atoms. The number of Topliss-reactive ketones (excluding diaryl/α,β-unsaturated/α-hetero) is 1. The molecule has 4 rings (SSSR count). The van der Waals surface area contributed by atoms with E-state index < -0.39 is 0 Å². The number of ketones is 1. The summed E-state index contributed by atoms with van der Waals surface area (Å²) in [5.41, 5.74) is 2.59. The topological polar surface area (TPSA) is 46.6 Å². The number of amides is 1. The van der Waals surface area contributed by atoms with Crippen LogP contribution in [0.5, 0.6) is 5.75 Å². The number of rotatable bonds is 3. The highest BCUT2D eigenvalue weighted by Crippen LogP contribution is 2.49. The largest absolute Gasteiger partial charge is 0.497 e. The lowest BCUT2D eigenvalue weighted by molar-refractivity contribution is -0.121. The average Bonchev–Trinajstić information content (AvgIpc) is 2.69. The van der Waals surface area contributed by atoms with E-state index in [9.17, 15) is 9.59 Å². The van der Waals surface area contributed by atoms with E-state index in [1.54, 1.807) is 30.2 Å². The van der Waals surface area contributed by atoms with E-state index >= 15 is 0 Å². The molecule has 0 radical (unpaired) electrons. The first kappa shape index (κ1) is 21.0. The fourth-order valence-corrected chi connectivity index (χ4v) is 4.88. The Labute approximate surface area is 186 Å². The second-order valence-electron chi connectivity index (χ2n) is 8.64. The van der Waals surface area contributed by atoms with E-state index in [1.165, 1.54) is 0 Å². The molecular weight excluding hydrogens is 421 g/mol. The molecule has 0 aromatic heterocycles. The Morgan fingerprint density at radius 1 is 1.07 bits per heavy atom. The highest BCUT2D eigenvalue weighted by Gasteiger charge is 2.44. The van der Waals surface area contributed by atoms with Crippen molar-refractivity contribution in [1.29, 1.82) is 0 Å². The van der Waals surface area contributed by atoms with Crippen LogP contribution in [0.15, 0.2) is 53.7 Å². The molecule has 1 atom stereocenters. The number of allylic oxidation sites excluding steroid dienone is 2. The molecule has 0 saturated heterocycles. The van der Waals surface area contributed by atoms with Crippen LogP contribution in [0.2, 0.25) is 10.0 Å². The molecule has 0 saturated carbocycles. The fraction of sp³-hybridized carbons (Fsp3) is 0.333. The first-order valence-electron chi connectivity index (χ1n) is 9.89. The molecule has 0 bridgehead atoms. The summed E-state index contributed by atoms with van der Waals surface area (Å²) in [6.07, 6.45) is 1.22. The molecule has 4 nitrogen and oxygen atoms in total. The van der Waals surface area contributed by atoms with Gasteiger partial charge >= 0.3 is 0 Å². The molecule has 1 aliphatic carbocycles. The third kappa shape index (κ3) is 3.63. The maximum atomic E-state index is 13.4. The zero-order valence-corrected chi connectivity index (χ0v) is 18.7. The van der Waals surface area contributed by atoms with E-state index in [2.05, 4.69) is 0 Å². The van der Waals surface area contributed by atoms with Crippen LogP contribution in [0.3, 0.4) is 0 Å². The lowest BCUT2D eigenvalue weighted by atomic mass is 9.69. The molecule has 0 N–H and O–H groups in total. The predicted molar refractivity (Wildman–Crippen MR) is 119 cm³/mol. The molecule has 1 unspecified atom stereocenters. The van der Waals surface area contributed by atoms with Gasteiger partial charge in [0.2, 0.25) is 5.91 Å². The maximum Gasteiger partial charge on any atom is 0.232 e. The van der Waals surface area contributed by atoms with E-state index in [1.807, 2.05) is 38.1 Å². The Morgan fingerprint density at radius 3 is 2.53 bits per heavy atom. The Morgan fingerprint density at radius 2 is 1.80 bits per heavy atom. The van der Waals surface area contributed by atoms with Crippen molar-refractivity contribution in [2.24, 2.45) is 5.41 Å². The van der Waals surface area contributed by atoms with Gasteiger partial charge in [0, 0.05) is 30.0 Å². The summed E-state index contributed by atoms with van der Waals surface area (Å²) in [4.78, 5) is 28.4. The molecule has 2 aromatic carbocycles. The second kappa shape index (κ2) is 7.75. The van der Waals surface area contributed by atoms with Gasteiger partial charge in [-0.25, -0.2) is 0 Å². The number of carbonyl (C=O) groups is 2. The van der Waals surface area contributed by atoms with Gasteiger partial charge in [-0.15, -0.1) is 0 Å². The lowest BCUT2D eigenvalue weighted by Crippen LogP contribution is -2.43. The molecule has 30 heavy (non-hydrogen) atoms. The van der Waals surface area contributed by atoms with Crippen LogP contribution in [0.4, 0.5) is 5.69 Å². The van der Waals surface area contributed by atoms with E-state index in [0.29, 0.717) is 39.9 Å².